The SMILES string of the molecule is COc1ccc(CNC(=O)c2cc(Cl)nc(NN)c2)cc1. The number of nitrogens with zero attached hydrogens (tertiary/aromatic N) is 1. The van der Waals surface area contributed by atoms with Crippen molar-refractivity contribution in [3.8, 4) is 5.75 Å². The largest absolute Gasteiger partial charge is 0.497 e. The molecule has 0 radical (unpaired) electrons. The molecule has 0 saturated carbocycles. The zero-order valence-corrected chi connectivity index (χ0v) is 12.1. The van der Waals surface area contributed by atoms with Crippen LogP contribution in [0.5, 0.6) is 5.75 Å². The van der Waals surface area contributed by atoms with E-state index in [1.54, 1.807) is 7.11 Å². The van der Waals surface area contributed by atoms with Crippen molar-refractivity contribution in [1.82, 2.24) is 10.3 Å². The van der Waals surface area contributed by atoms with E-state index in [0.717, 1.165) is 11.3 Å². The minimum Gasteiger partial charge on any atom is -0.497 e. The van der Waals surface area contributed by atoms with E-state index in [9.17, 15) is 4.79 Å². The third-order valence-corrected chi connectivity index (χ3v) is 3.01. The molecular formula is C14H15ClN4O2. The molecule has 21 heavy (non-hydrogen) atoms. The summed E-state index contributed by atoms with van der Waals surface area (Å²) >= 11 is 5.82. The normalized spacial score (nSPS) is 10.0. The summed E-state index contributed by atoms with van der Waals surface area (Å²) in [5, 5.41) is 2.99. The lowest BCUT2D eigenvalue weighted by Gasteiger charge is -2.08. The minimum absolute atomic E-state index is 0.194. The Hall–Kier alpha value is -2.31. The van der Waals surface area contributed by atoms with E-state index in [1.807, 2.05) is 24.3 Å². The second-order valence-corrected chi connectivity index (χ2v) is 4.63. The van der Waals surface area contributed by atoms with Gasteiger partial charge in [-0.05, 0) is 29.8 Å². The molecular weight excluding hydrogens is 292 g/mol. The molecule has 2 aromatic rings. The first-order chi connectivity index (χ1) is 10.1. The molecule has 0 aliphatic rings. The van der Waals surface area contributed by atoms with Crippen LogP contribution >= 0.6 is 11.6 Å². The molecule has 2 rings (SSSR count). The van der Waals surface area contributed by atoms with Gasteiger partial charge in [-0.15, -0.1) is 0 Å². The van der Waals surface area contributed by atoms with Crippen LogP contribution in [0.15, 0.2) is 36.4 Å². The molecule has 1 aromatic carbocycles. The average Bonchev–Trinajstić information content (AvgIpc) is 2.52. The Bertz CT molecular complexity index is 631. The Morgan fingerprint density at radius 2 is 2.05 bits per heavy atom. The van der Waals surface area contributed by atoms with E-state index in [4.69, 9.17) is 22.2 Å². The van der Waals surface area contributed by atoms with Gasteiger partial charge in [0.25, 0.3) is 5.91 Å². The molecule has 110 valence electrons. The van der Waals surface area contributed by atoms with E-state index in [-0.39, 0.29) is 11.1 Å². The number of aromatic nitrogens is 1. The number of methoxy groups -OCH3 is 1. The first-order valence-corrected chi connectivity index (χ1v) is 6.55. The predicted octanol–water partition coefficient (Wildman–Crippen LogP) is 1.96. The first kappa shape index (κ1) is 15.1. The number of anilines is 1. The molecule has 0 fully saturated rings. The lowest BCUT2D eigenvalue weighted by atomic mass is 10.2. The van der Waals surface area contributed by atoms with Gasteiger partial charge in [-0.1, -0.05) is 23.7 Å². The monoisotopic (exact) mass is 306 g/mol. The molecule has 1 heterocycles. The quantitative estimate of drug-likeness (QED) is 0.446. The van der Waals surface area contributed by atoms with Crippen molar-refractivity contribution in [2.45, 2.75) is 6.54 Å². The van der Waals surface area contributed by atoms with Crippen molar-refractivity contribution in [1.29, 1.82) is 0 Å². The summed E-state index contributed by atoms with van der Waals surface area (Å²) in [5.74, 6) is 6.11. The fourth-order valence-electron chi connectivity index (χ4n) is 1.73. The predicted molar refractivity (Wildman–Crippen MR) is 81.2 cm³/mol. The van der Waals surface area contributed by atoms with Crippen molar-refractivity contribution < 1.29 is 9.53 Å². The Labute approximate surface area is 127 Å². The van der Waals surface area contributed by atoms with Gasteiger partial charge >= 0.3 is 0 Å². The fourth-order valence-corrected chi connectivity index (χ4v) is 1.94. The van der Waals surface area contributed by atoms with Gasteiger partial charge in [0, 0.05) is 12.1 Å². The van der Waals surface area contributed by atoms with Crippen molar-refractivity contribution in [2.75, 3.05) is 12.5 Å². The van der Waals surface area contributed by atoms with Crippen molar-refractivity contribution in [2.24, 2.45) is 5.84 Å². The summed E-state index contributed by atoms with van der Waals surface area (Å²) in [6.07, 6.45) is 0. The van der Waals surface area contributed by atoms with E-state index in [2.05, 4.69) is 15.7 Å². The van der Waals surface area contributed by atoms with Gasteiger partial charge in [0.15, 0.2) is 0 Å². The summed E-state index contributed by atoms with van der Waals surface area (Å²) in [7, 11) is 1.60. The number of rotatable bonds is 5. The van der Waals surface area contributed by atoms with Crippen LogP contribution in [0.2, 0.25) is 5.15 Å². The molecule has 0 aliphatic heterocycles. The Kier molecular flexibility index (Phi) is 4.97. The molecule has 0 spiro atoms. The summed E-state index contributed by atoms with van der Waals surface area (Å²) in [4.78, 5) is 16.0. The van der Waals surface area contributed by atoms with Crippen molar-refractivity contribution >= 4 is 23.3 Å². The zero-order chi connectivity index (χ0) is 15.2. The highest BCUT2D eigenvalue weighted by molar-refractivity contribution is 6.29. The fraction of sp³-hybridized carbons (Fsp3) is 0.143. The molecule has 0 saturated heterocycles. The highest BCUT2D eigenvalue weighted by atomic mass is 35.5. The summed E-state index contributed by atoms with van der Waals surface area (Å²) in [6, 6.07) is 10.4. The molecule has 0 bridgehead atoms. The molecule has 0 aliphatic carbocycles. The number of hydrogen-bond donors (Lipinski definition) is 3. The molecule has 0 unspecified atom stereocenters. The van der Waals surface area contributed by atoms with Gasteiger partial charge in [-0.3, -0.25) is 4.79 Å². The van der Waals surface area contributed by atoms with E-state index >= 15 is 0 Å². The summed E-state index contributed by atoms with van der Waals surface area (Å²) in [5.41, 5.74) is 3.71. The number of amides is 1. The number of nitrogens with one attached hydrogen (secondary N) is 2. The number of nitrogens with two attached hydrogens (primary N) is 1. The maximum atomic E-state index is 12.1. The van der Waals surface area contributed by atoms with E-state index in [0.29, 0.717) is 17.9 Å². The zero-order valence-electron chi connectivity index (χ0n) is 11.4. The number of ether oxygens (including phenoxy) is 1. The minimum atomic E-state index is -0.258. The summed E-state index contributed by atoms with van der Waals surface area (Å²) < 4.78 is 5.08. The van der Waals surface area contributed by atoms with Crippen LogP contribution < -0.4 is 21.3 Å². The molecule has 4 N–H and O–H groups in total. The van der Waals surface area contributed by atoms with Gasteiger partial charge < -0.3 is 15.5 Å². The van der Waals surface area contributed by atoms with Crippen LogP contribution in [0.25, 0.3) is 0 Å². The smallest absolute Gasteiger partial charge is 0.251 e. The number of halogens is 1. The highest BCUT2D eigenvalue weighted by Gasteiger charge is 2.09. The Balaban J connectivity index is 2.02. The highest BCUT2D eigenvalue weighted by Crippen LogP contribution is 2.14. The van der Waals surface area contributed by atoms with Crippen LogP contribution in [-0.2, 0) is 6.54 Å². The summed E-state index contributed by atoms with van der Waals surface area (Å²) in [6.45, 7) is 0.397. The molecule has 6 nitrogen and oxygen atoms in total. The van der Waals surface area contributed by atoms with Crippen LogP contribution in [0.1, 0.15) is 15.9 Å². The standard InChI is InChI=1S/C14H15ClN4O2/c1-21-11-4-2-9(3-5-11)8-17-14(20)10-6-12(15)18-13(7-10)19-16/h2-7H,8,16H2,1H3,(H,17,20)(H,18,19). The average molecular weight is 307 g/mol. The molecule has 1 aromatic heterocycles. The van der Waals surface area contributed by atoms with Crippen LogP contribution in [0, 0.1) is 0 Å². The lowest BCUT2D eigenvalue weighted by Crippen LogP contribution is -2.23. The van der Waals surface area contributed by atoms with Crippen LogP contribution in [-0.4, -0.2) is 18.0 Å². The number of hydrogen-bond acceptors (Lipinski definition) is 5. The number of hydrazine groups is 1. The molecule has 7 heteroatoms. The Morgan fingerprint density at radius 3 is 2.67 bits per heavy atom. The lowest BCUT2D eigenvalue weighted by molar-refractivity contribution is 0.0951. The van der Waals surface area contributed by atoms with E-state index < -0.39 is 0 Å². The number of nitrogen functional groups attached to an aromatic ring is 1. The van der Waals surface area contributed by atoms with Gasteiger partial charge in [-0.2, -0.15) is 0 Å². The molecule has 1 amide bonds. The van der Waals surface area contributed by atoms with E-state index in [1.165, 1.54) is 12.1 Å². The number of benzene rings is 1. The number of pyridine rings is 1. The topological polar surface area (TPSA) is 89.3 Å². The maximum Gasteiger partial charge on any atom is 0.251 e. The number of carbonyl (C=O) groups excluding carboxylic acids is 1. The van der Waals surface area contributed by atoms with Gasteiger partial charge in [0.2, 0.25) is 0 Å². The second kappa shape index (κ2) is 6.92. The van der Waals surface area contributed by atoms with Gasteiger partial charge in [0.1, 0.15) is 16.7 Å². The second-order valence-electron chi connectivity index (χ2n) is 4.24. The third-order valence-electron chi connectivity index (χ3n) is 2.82. The molecule has 0 atom stereocenters. The van der Waals surface area contributed by atoms with Gasteiger partial charge in [-0.25, -0.2) is 10.8 Å². The van der Waals surface area contributed by atoms with Crippen molar-refractivity contribution in [3.05, 3.63) is 52.7 Å². The van der Waals surface area contributed by atoms with Crippen LogP contribution in [0.4, 0.5) is 5.82 Å². The Morgan fingerprint density at radius 1 is 1.33 bits per heavy atom. The van der Waals surface area contributed by atoms with Crippen molar-refractivity contribution in [3.63, 3.8) is 0 Å². The van der Waals surface area contributed by atoms with Crippen LogP contribution in [0.3, 0.4) is 0 Å². The van der Waals surface area contributed by atoms with Gasteiger partial charge in [0.05, 0.1) is 7.11 Å². The third kappa shape index (κ3) is 4.08. The first-order valence-electron chi connectivity index (χ1n) is 6.17. The number of carbonyl (C=O) groups is 1. The maximum absolute atomic E-state index is 12.1.